The van der Waals surface area contributed by atoms with E-state index in [1.54, 1.807) is 18.2 Å². The largest absolute Gasteiger partial charge is 0.392 e. The van der Waals surface area contributed by atoms with E-state index < -0.39 is 16.1 Å². The molecule has 1 unspecified atom stereocenters. The first-order valence-corrected chi connectivity index (χ1v) is 9.02. The van der Waals surface area contributed by atoms with Gasteiger partial charge in [0.25, 0.3) is 0 Å². The molecule has 0 saturated carbocycles. The van der Waals surface area contributed by atoms with Gasteiger partial charge in [-0.25, -0.2) is 13.4 Å². The molecule has 1 aliphatic heterocycles. The van der Waals surface area contributed by atoms with E-state index in [1.807, 2.05) is 0 Å². The van der Waals surface area contributed by atoms with Gasteiger partial charge in [0.2, 0.25) is 16.0 Å². The van der Waals surface area contributed by atoms with E-state index in [0.717, 1.165) is 0 Å². The molecule has 1 aromatic carbocycles. The van der Waals surface area contributed by atoms with Crippen LogP contribution in [-0.2, 0) is 10.0 Å². The number of hydrogen-bond acceptors (Lipinski definition) is 7. The van der Waals surface area contributed by atoms with Crippen molar-refractivity contribution < 1.29 is 13.5 Å². The smallest absolute Gasteiger partial charge is 0.245 e. The molecule has 8 nitrogen and oxygen atoms in total. The average molecular weight is 370 g/mol. The topological polar surface area (TPSA) is 121 Å². The first-order valence-electron chi connectivity index (χ1n) is 7.20. The molecule has 1 fully saturated rings. The number of anilines is 3. The maximum absolute atomic E-state index is 12.8. The molecule has 4 N–H and O–H groups in total. The van der Waals surface area contributed by atoms with Crippen LogP contribution in [0.4, 0.5) is 17.5 Å². The second kappa shape index (κ2) is 6.52. The van der Waals surface area contributed by atoms with Gasteiger partial charge in [-0.3, -0.25) is 0 Å². The van der Waals surface area contributed by atoms with E-state index in [9.17, 15) is 13.5 Å². The Bertz CT molecular complexity index is 861. The maximum atomic E-state index is 12.8. The highest BCUT2D eigenvalue weighted by Gasteiger charge is 2.33. The van der Waals surface area contributed by atoms with Gasteiger partial charge in [0.15, 0.2) is 5.82 Å². The van der Waals surface area contributed by atoms with Gasteiger partial charge < -0.3 is 16.2 Å². The summed E-state index contributed by atoms with van der Waals surface area (Å²) in [6.45, 7) is 0.358. The van der Waals surface area contributed by atoms with Crippen LogP contribution in [0.15, 0.2) is 35.4 Å². The van der Waals surface area contributed by atoms with Gasteiger partial charge in [-0.2, -0.15) is 9.29 Å². The molecule has 0 bridgehead atoms. The number of nitrogens with one attached hydrogen (secondary N) is 1. The van der Waals surface area contributed by atoms with Gasteiger partial charge in [0.05, 0.1) is 18.0 Å². The van der Waals surface area contributed by atoms with E-state index in [-0.39, 0.29) is 34.8 Å². The zero-order chi connectivity index (χ0) is 17.3. The van der Waals surface area contributed by atoms with E-state index in [0.29, 0.717) is 12.1 Å². The monoisotopic (exact) mass is 369 g/mol. The third kappa shape index (κ3) is 3.29. The normalized spacial score (nSPS) is 18.7. The molecule has 0 amide bonds. The number of nitrogens with zero attached hydrogens (tertiary/aromatic N) is 3. The van der Waals surface area contributed by atoms with Crippen LogP contribution in [0.25, 0.3) is 0 Å². The Labute approximate surface area is 144 Å². The van der Waals surface area contributed by atoms with Gasteiger partial charge in [-0.05, 0) is 18.6 Å². The summed E-state index contributed by atoms with van der Waals surface area (Å²) < 4.78 is 26.9. The Balaban J connectivity index is 1.98. The second-order valence-corrected chi connectivity index (χ2v) is 7.67. The predicted molar refractivity (Wildman–Crippen MR) is 90.6 cm³/mol. The molecule has 10 heteroatoms. The number of aliphatic hydroxyl groups is 1. The lowest BCUT2D eigenvalue weighted by Crippen LogP contribution is -2.30. The molecule has 0 aliphatic carbocycles. The number of rotatable bonds is 4. The van der Waals surface area contributed by atoms with Crippen LogP contribution in [0.2, 0.25) is 5.02 Å². The fraction of sp³-hybridized carbons (Fsp3) is 0.286. The summed E-state index contributed by atoms with van der Waals surface area (Å²) >= 11 is 6.02. The van der Waals surface area contributed by atoms with E-state index in [4.69, 9.17) is 17.3 Å². The molecule has 2 aromatic rings. The highest BCUT2D eigenvalue weighted by atomic mass is 35.5. The number of nitrogen functional groups attached to an aromatic ring is 1. The predicted octanol–water partition coefficient (Wildman–Crippen LogP) is 1.21. The van der Waals surface area contributed by atoms with Crippen LogP contribution in [0.1, 0.15) is 6.42 Å². The van der Waals surface area contributed by atoms with Crippen LogP contribution >= 0.6 is 11.6 Å². The van der Waals surface area contributed by atoms with Crippen molar-refractivity contribution in [3.05, 3.63) is 35.5 Å². The van der Waals surface area contributed by atoms with Crippen LogP contribution < -0.4 is 11.1 Å². The molecular formula is C14H16ClN5O3S. The lowest BCUT2D eigenvalue weighted by molar-refractivity contribution is 0.189. The molecule has 2 heterocycles. The fourth-order valence-corrected chi connectivity index (χ4v) is 4.24. The van der Waals surface area contributed by atoms with E-state index in [1.165, 1.54) is 16.6 Å². The van der Waals surface area contributed by atoms with E-state index >= 15 is 0 Å². The lowest BCUT2D eigenvalue weighted by Gasteiger charge is -2.19. The Morgan fingerprint density at radius 2 is 2.12 bits per heavy atom. The maximum Gasteiger partial charge on any atom is 0.245 e. The minimum atomic E-state index is -3.75. The zero-order valence-corrected chi connectivity index (χ0v) is 14.1. The van der Waals surface area contributed by atoms with Crippen molar-refractivity contribution in [3.8, 4) is 0 Å². The molecule has 24 heavy (non-hydrogen) atoms. The minimum absolute atomic E-state index is 0.0184. The lowest BCUT2D eigenvalue weighted by atomic mass is 10.3. The number of aromatic nitrogens is 2. The Hall–Kier alpha value is -1.94. The van der Waals surface area contributed by atoms with Gasteiger partial charge in [-0.15, -0.1) is 0 Å². The summed E-state index contributed by atoms with van der Waals surface area (Å²) in [6, 6.07) is 6.41. The molecule has 1 aliphatic rings. The number of nitrogens with two attached hydrogens (primary N) is 1. The van der Waals surface area contributed by atoms with Crippen molar-refractivity contribution in [2.75, 3.05) is 24.1 Å². The van der Waals surface area contributed by atoms with Crippen LogP contribution in [0, 0.1) is 0 Å². The number of halogens is 1. The number of β-amino-alcohol motifs (C(OH)–C–C–N with tert-alkyl or cyclic N) is 1. The third-order valence-corrected chi connectivity index (χ3v) is 5.85. The van der Waals surface area contributed by atoms with Gasteiger partial charge >= 0.3 is 0 Å². The first kappa shape index (κ1) is 16.9. The zero-order valence-electron chi connectivity index (χ0n) is 12.6. The molecule has 0 spiro atoms. The number of para-hydroxylation sites is 1. The Morgan fingerprint density at radius 1 is 1.38 bits per heavy atom. The summed E-state index contributed by atoms with van der Waals surface area (Å²) in [5.41, 5.74) is 5.86. The summed E-state index contributed by atoms with van der Waals surface area (Å²) in [5, 5.41) is 12.7. The van der Waals surface area contributed by atoms with E-state index in [2.05, 4.69) is 15.3 Å². The highest BCUT2D eigenvalue weighted by Crippen LogP contribution is 2.30. The molecule has 1 atom stereocenters. The van der Waals surface area contributed by atoms with Crippen molar-refractivity contribution in [2.45, 2.75) is 17.4 Å². The highest BCUT2D eigenvalue weighted by molar-refractivity contribution is 7.89. The molecule has 128 valence electrons. The van der Waals surface area contributed by atoms with Gasteiger partial charge in [0.1, 0.15) is 9.92 Å². The molecule has 3 rings (SSSR count). The second-order valence-electron chi connectivity index (χ2n) is 5.35. The van der Waals surface area contributed by atoms with Crippen molar-refractivity contribution in [1.29, 1.82) is 0 Å². The summed E-state index contributed by atoms with van der Waals surface area (Å²) in [4.78, 5) is 7.82. The average Bonchev–Trinajstić information content (AvgIpc) is 2.99. The Kier molecular flexibility index (Phi) is 4.59. The molecule has 1 saturated heterocycles. The van der Waals surface area contributed by atoms with Gasteiger partial charge in [-0.1, -0.05) is 23.7 Å². The SMILES string of the molecule is Nc1ncc(Cl)c(Nc2ccccc2S(=O)(=O)N2CCC(O)C2)n1. The number of aliphatic hydroxyl groups excluding tert-OH is 1. The summed E-state index contributed by atoms with van der Waals surface area (Å²) in [6.07, 6.45) is 1.11. The van der Waals surface area contributed by atoms with Crippen LogP contribution in [0.5, 0.6) is 0 Å². The van der Waals surface area contributed by atoms with Gasteiger partial charge in [0, 0.05) is 13.1 Å². The summed E-state index contributed by atoms with van der Waals surface area (Å²) in [5.74, 6) is 0.234. The standard InChI is InChI=1S/C14H16ClN5O3S/c15-10-7-17-14(16)19-13(10)18-11-3-1-2-4-12(11)24(22,23)20-6-5-9(21)8-20/h1-4,7,9,21H,5-6,8H2,(H3,16,17,18,19). The quantitative estimate of drug-likeness (QED) is 0.740. The summed E-state index contributed by atoms with van der Waals surface area (Å²) in [7, 11) is -3.75. The van der Waals surface area contributed by atoms with Crippen LogP contribution in [0.3, 0.4) is 0 Å². The number of benzene rings is 1. The van der Waals surface area contributed by atoms with Crippen molar-refractivity contribution >= 4 is 39.1 Å². The van der Waals surface area contributed by atoms with Crippen molar-refractivity contribution in [3.63, 3.8) is 0 Å². The molecule has 0 radical (unpaired) electrons. The molecule has 1 aromatic heterocycles. The minimum Gasteiger partial charge on any atom is -0.392 e. The fourth-order valence-electron chi connectivity index (χ4n) is 2.46. The van der Waals surface area contributed by atoms with Crippen molar-refractivity contribution in [1.82, 2.24) is 14.3 Å². The van der Waals surface area contributed by atoms with Crippen LogP contribution in [-0.4, -0.2) is 47.0 Å². The number of sulfonamides is 1. The third-order valence-electron chi connectivity index (χ3n) is 3.65. The molecular weight excluding hydrogens is 354 g/mol. The Morgan fingerprint density at radius 3 is 2.83 bits per heavy atom. The van der Waals surface area contributed by atoms with Crippen molar-refractivity contribution in [2.24, 2.45) is 0 Å². The number of hydrogen-bond donors (Lipinski definition) is 3. The first-order chi connectivity index (χ1) is 11.4.